The summed E-state index contributed by atoms with van der Waals surface area (Å²) >= 11 is 0. The van der Waals surface area contributed by atoms with Gasteiger partial charge >= 0.3 is 11.9 Å². The van der Waals surface area contributed by atoms with Crippen molar-refractivity contribution in [2.24, 2.45) is 0 Å². The van der Waals surface area contributed by atoms with Gasteiger partial charge in [0.1, 0.15) is 6.61 Å². The van der Waals surface area contributed by atoms with E-state index in [9.17, 15) is 14.4 Å². The molecule has 1 atom stereocenters. The molecule has 1 unspecified atom stereocenters. The molecule has 0 fully saturated rings. The summed E-state index contributed by atoms with van der Waals surface area (Å²) in [6.07, 6.45) is 1.12. The Labute approximate surface area is 116 Å². The summed E-state index contributed by atoms with van der Waals surface area (Å²) in [6, 6.07) is 5.17. The highest BCUT2D eigenvalue weighted by Crippen LogP contribution is 2.07. The molecule has 0 radical (unpaired) electrons. The van der Waals surface area contributed by atoms with Crippen LogP contribution in [0.2, 0.25) is 0 Å². The fourth-order valence-electron chi connectivity index (χ4n) is 1.41. The molecule has 0 aliphatic rings. The molecular formula is C14H15NO5. The first kappa shape index (κ1) is 15.4. The van der Waals surface area contributed by atoms with Gasteiger partial charge in [0.2, 0.25) is 5.91 Å². The fraction of sp³-hybridized carbons (Fsp3) is 0.214. The molecular weight excluding hydrogens is 262 g/mol. The number of amides is 1. The molecule has 1 aromatic carbocycles. The van der Waals surface area contributed by atoms with Gasteiger partial charge in [-0.2, -0.15) is 0 Å². The molecule has 0 heterocycles. The number of carbonyl (C=O) groups excluding carboxylic acids is 2. The molecule has 1 aromatic rings. The van der Waals surface area contributed by atoms with Crippen LogP contribution in [0, 0.1) is 0 Å². The van der Waals surface area contributed by atoms with Gasteiger partial charge in [0, 0.05) is 0 Å². The zero-order valence-corrected chi connectivity index (χ0v) is 11.0. The summed E-state index contributed by atoms with van der Waals surface area (Å²) in [5.74, 6) is -2.12. The molecule has 0 bridgehead atoms. The molecule has 106 valence electrons. The van der Waals surface area contributed by atoms with Gasteiger partial charge in [-0.1, -0.05) is 12.6 Å². The first-order chi connectivity index (χ1) is 9.43. The minimum atomic E-state index is -1.12. The molecule has 6 nitrogen and oxygen atoms in total. The van der Waals surface area contributed by atoms with Crippen molar-refractivity contribution in [1.29, 1.82) is 0 Å². The van der Waals surface area contributed by atoms with Crippen LogP contribution in [0.25, 0.3) is 0 Å². The smallest absolute Gasteiger partial charge is 0.338 e. The highest BCUT2D eigenvalue weighted by molar-refractivity contribution is 5.94. The Balaban J connectivity index is 2.59. The van der Waals surface area contributed by atoms with E-state index in [1.54, 1.807) is 6.92 Å². The van der Waals surface area contributed by atoms with E-state index in [4.69, 9.17) is 9.84 Å². The molecule has 0 aliphatic heterocycles. The molecule has 1 rings (SSSR count). The third-order valence-electron chi connectivity index (χ3n) is 2.38. The number of esters is 1. The summed E-state index contributed by atoms with van der Waals surface area (Å²) in [5.41, 5.74) is 0.152. The standard InChI is InChI=1S/C14H15NO5/c1-3-12(16)15-9(2)8-20-14(19)11-6-4-5-10(7-11)13(17)18/h3-7,9H,1,8H2,2H3,(H,15,16)(H,17,18). The largest absolute Gasteiger partial charge is 0.478 e. The lowest BCUT2D eigenvalue weighted by molar-refractivity contribution is -0.117. The lowest BCUT2D eigenvalue weighted by Crippen LogP contribution is -2.35. The molecule has 0 spiro atoms. The third kappa shape index (κ3) is 4.56. The number of ether oxygens (including phenoxy) is 1. The van der Waals surface area contributed by atoms with Crippen molar-refractivity contribution in [3.05, 3.63) is 48.0 Å². The molecule has 20 heavy (non-hydrogen) atoms. The molecule has 0 aromatic heterocycles. The lowest BCUT2D eigenvalue weighted by atomic mass is 10.1. The summed E-state index contributed by atoms with van der Waals surface area (Å²) in [7, 11) is 0. The van der Waals surface area contributed by atoms with Gasteiger partial charge in [-0.05, 0) is 31.2 Å². The number of carboxylic acid groups (broad SMARTS) is 1. The zero-order valence-electron chi connectivity index (χ0n) is 11.0. The van der Waals surface area contributed by atoms with Crippen molar-refractivity contribution in [2.45, 2.75) is 13.0 Å². The van der Waals surface area contributed by atoms with Gasteiger partial charge in [-0.3, -0.25) is 4.79 Å². The second-order valence-corrected chi connectivity index (χ2v) is 4.10. The van der Waals surface area contributed by atoms with Gasteiger partial charge in [-0.25, -0.2) is 9.59 Å². The van der Waals surface area contributed by atoms with Crippen LogP contribution in [0.3, 0.4) is 0 Å². The van der Waals surface area contributed by atoms with Crippen molar-refractivity contribution in [3.63, 3.8) is 0 Å². The van der Waals surface area contributed by atoms with E-state index in [1.807, 2.05) is 0 Å². The molecule has 6 heteroatoms. The first-order valence-corrected chi connectivity index (χ1v) is 5.87. The third-order valence-corrected chi connectivity index (χ3v) is 2.38. The maximum Gasteiger partial charge on any atom is 0.338 e. The Morgan fingerprint density at radius 3 is 2.65 bits per heavy atom. The highest BCUT2D eigenvalue weighted by atomic mass is 16.5. The van der Waals surface area contributed by atoms with Crippen LogP contribution in [-0.2, 0) is 9.53 Å². The minimum absolute atomic E-state index is 0.00691. The minimum Gasteiger partial charge on any atom is -0.478 e. The van der Waals surface area contributed by atoms with E-state index in [0.29, 0.717) is 0 Å². The number of aromatic carboxylic acids is 1. The van der Waals surface area contributed by atoms with Crippen molar-refractivity contribution in [2.75, 3.05) is 6.61 Å². The van der Waals surface area contributed by atoms with Crippen LogP contribution >= 0.6 is 0 Å². The number of hydrogen-bond acceptors (Lipinski definition) is 4. The Hall–Kier alpha value is -2.63. The number of carboxylic acids is 1. The van der Waals surface area contributed by atoms with E-state index in [2.05, 4.69) is 11.9 Å². The average molecular weight is 277 g/mol. The summed E-state index contributed by atoms with van der Waals surface area (Å²) < 4.78 is 4.99. The summed E-state index contributed by atoms with van der Waals surface area (Å²) in [6.45, 7) is 4.96. The van der Waals surface area contributed by atoms with Crippen LogP contribution in [0.4, 0.5) is 0 Å². The maximum atomic E-state index is 11.7. The molecule has 2 N–H and O–H groups in total. The number of hydrogen-bond donors (Lipinski definition) is 2. The number of rotatable bonds is 6. The van der Waals surface area contributed by atoms with Crippen LogP contribution in [0.5, 0.6) is 0 Å². The predicted octanol–water partition coefficient (Wildman–Crippen LogP) is 1.23. The van der Waals surface area contributed by atoms with Gasteiger partial charge in [-0.15, -0.1) is 0 Å². The van der Waals surface area contributed by atoms with E-state index >= 15 is 0 Å². The maximum absolute atomic E-state index is 11.7. The second-order valence-electron chi connectivity index (χ2n) is 4.10. The van der Waals surface area contributed by atoms with E-state index in [1.165, 1.54) is 24.3 Å². The molecule has 1 amide bonds. The number of carbonyl (C=O) groups is 3. The monoisotopic (exact) mass is 277 g/mol. The lowest BCUT2D eigenvalue weighted by Gasteiger charge is -2.13. The van der Waals surface area contributed by atoms with Gasteiger partial charge in [0.25, 0.3) is 0 Å². The van der Waals surface area contributed by atoms with Crippen molar-refractivity contribution >= 4 is 17.8 Å². The summed E-state index contributed by atoms with van der Waals surface area (Å²) in [5, 5.41) is 11.4. The molecule has 0 aliphatic carbocycles. The Kier molecular flexibility index (Phi) is 5.46. The predicted molar refractivity (Wildman–Crippen MR) is 71.5 cm³/mol. The quantitative estimate of drug-likeness (QED) is 0.602. The van der Waals surface area contributed by atoms with Crippen LogP contribution < -0.4 is 5.32 Å². The van der Waals surface area contributed by atoms with Crippen molar-refractivity contribution in [1.82, 2.24) is 5.32 Å². The molecule has 0 saturated heterocycles. The highest BCUT2D eigenvalue weighted by Gasteiger charge is 2.12. The zero-order chi connectivity index (χ0) is 15.1. The fourth-order valence-corrected chi connectivity index (χ4v) is 1.41. The van der Waals surface area contributed by atoms with Crippen LogP contribution in [0.1, 0.15) is 27.6 Å². The van der Waals surface area contributed by atoms with Gasteiger partial charge in [0.15, 0.2) is 0 Å². The average Bonchev–Trinajstić information content (AvgIpc) is 2.44. The van der Waals surface area contributed by atoms with Crippen molar-refractivity contribution < 1.29 is 24.2 Å². The SMILES string of the molecule is C=CC(=O)NC(C)COC(=O)c1cccc(C(=O)O)c1. The number of benzene rings is 1. The van der Waals surface area contributed by atoms with Crippen LogP contribution in [-0.4, -0.2) is 35.6 Å². The Morgan fingerprint density at radius 1 is 1.40 bits per heavy atom. The Morgan fingerprint density at radius 2 is 2.05 bits per heavy atom. The van der Waals surface area contributed by atoms with E-state index in [0.717, 1.165) is 6.08 Å². The topological polar surface area (TPSA) is 92.7 Å². The normalized spacial score (nSPS) is 11.2. The number of nitrogens with one attached hydrogen (secondary N) is 1. The van der Waals surface area contributed by atoms with Crippen LogP contribution in [0.15, 0.2) is 36.9 Å². The first-order valence-electron chi connectivity index (χ1n) is 5.87. The van der Waals surface area contributed by atoms with E-state index in [-0.39, 0.29) is 29.7 Å². The second kappa shape index (κ2) is 7.08. The van der Waals surface area contributed by atoms with Crippen molar-refractivity contribution in [3.8, 4) is 0 Å². The summed E-state index contributed by atoms with van der Waals surface area (Å²) in [4.78, 5) is 33.5. The van der Waals surface area contributed by atoms with Gasteiger partial charge in [0.05, 0.1) is 17.2 Å². The molecule has 0 saturated carbocycles. The Bertz CT molecular complexity index is 538. The van der Waals surface area contributed by atoms with Gasteiger partial charge < -0.3 is 15.2 Å². The van der Waals surface area contributed by atoms with E-state index < -0.39 is 11.9 Å².